The predicted octanol–water partition coefficient (Wildman–Crippen LogP) is 2.14. The van der Waals surface area contributed by atoms with Crippen LogP contribution in [0.25, 0.3) is 0 Å². The molecule has 2 N–H and O–H groups in total. The number of likely N-dealkylation sites (N-methyl/N-ethyl adjacent to an activating group) is 1. The highest BCUT2D eigenvalue weighted by Crippen LogP contribution is 2.18. The summed E-state index contributed by atoms with van der Waals surface area (Å²) in [6.07, 6.45) is 2.57. The van der Waals surface area contributed by atoms with Gasteiger partial charge in [-0.2, -0.15) is 0 Å². The lowest BCUT2D eigenvalue weighted by molar-refractivity contribution is -0.132. The highest BCUT2D eigenvalue weighted by molar-refractivity contribution is 5.79. The van der Waals surface area contributed by atoms with Gasteiger partial charge in [-0.15, -0.1) is 0 Å². The van der Waals surface area contributed by atoms with E-state index in [0.717, 1.165) is 31.5 Å². The van der Waals surface area contributed by atoms with Crippen molar-refractivity contribution in [1.29, 1.82) is 0 Å². The molecule has 1 saturated heterocycles. The van der Waals surface area contributed by atoms with Crippen molar-refractivity contribution < 1.29 is 4.79 Å². The minimum atomic E-state index is 0.184. The van der Waals surface area contributed by atoms with Gasteiger partial charge in [0.25, 0.3) is 0 Å². The molecule has 1 fully saturated rings. The maximum atomic E-state index is 12.4. The molecule has 4 nitrogen and oxygen atoms in total. The lowest BCUT2D eigenvalue weighted by Gasteiger charge is -2.38. The second-order valence-corrected chi connectivity index (χ2v) is 6.29. The summed E-state index contributed by atoms with van der Waals surface area (Å²) in [7, 11) is 1.93. The number of rotatable bonds is 4. The molecule has 116 valence electrons. The third-order valence-electron chi connectivity index (χ3n) is 4.48. The first-order valence-electron chi connectivity index (χ1n) is 7.81. The number of nitrogens with two attached hydrogens (primary N) is 1. The second-order valence-electron chi connectivity index (χ2n) is 6.29. The summed E-state index contributed by atoms with van der Waals surface area (Å²) in [5.41, 5.74) is 7.47. The molecule has 1 aliphatic rings. The van der Waals surface area contributed by atoms with Crippen LogP contribution in [-0.2, 0) is 11.2 Å². The zero-order chi connectivity index (χ0) is 15.4. The number of likely N-dealkylation sites (tertiary alicyclic amines) is 1. The molecular formula is C17H27N3O. The van der Waals surface area contributed by atoms with E-state index in [0.29, 0.717) is 24.2 Å². The van der Waals surface area contributed by atoms with Crippen LogP contribution in [0.1, 0.15) is 32.3 Å². The average Bonchev–Trinajstić information content (AvgIpc) is 2.46. The number of anilines is 1. The summed E-state index contributed by atoms with van der Waals surface area (Å²) in [5, 5.41) is 0. The number of nitrogens with zero attached hydrogens (tertiary/aromatic N) is 2. The Morgan fingerprint density at radius 1 is 1.38 bits per heavy atom. The van der Waals surface area contributed by atoms with Crippen LogP contribution in [0.3, 0.4) is 0 Å². The maximum Gasteiger partial charge on any atom is 0.226 e. The SMILES string of the molecule is CC(C)N1CCC(N(C)C(=O)Cc2cccc(N)c2)CC1. The number of carbonyl (C=O) groups is 1. The number of nitrogen functional groups attached to an aromatic ring is 1. The molecule has 1 aromatic carbocycles. The van der Waals surface area contributed by atoms with E-state index in [9.17, 15) is 4.79 Å². The van der Waals surface area contributed by atoms with Crippen LogP contribution in [0.15, 0.2) is 24.3 Å². The molecule has 0 radical (unpaired) electrons. The molecule has 0 aromatic heterocycles. The van der Waals surface area contributed by atoms with Crippen molar-refractivity contribution in [1.82, 2.24) is 9.80 Å². The normalized spacial score (nSPS) is 17.1. The van der Waals surface area contributed by atoms with Crippen molar-refractivity contribution in [2.45, 2.75) is 45.2 Å². The lowest BCUT2D eigenvalue weighted by Crippen LogP contribution is -2.47. The number of amides is 1. The van der Waals surface area contributed by atoms with Crippen molar-refractivity contribution in [3.63, 3.8) is 0 Å². The Bertz CT molecular complexity index is 479. The van der Waals surface area contributed by atoms with Gasteiger partial charge in [-0.3, -0.25) is 4.79 Å². The molecule has 0 bridgehead atoms. The first-order chi connectivity index (χ1) is 9.97. The smallest absolute Gasteiger partial charge is 0.226 e. The van der Waals surface area contributed by atoms with Crippen LogP contribution >= 0.6 is 0 Å². The predicted molar refractivity (Wildman–Crippen MR) is 87.1 cm³/mol. The third kappa shape index (κ3) is 4.21. The molecular weight excluding hydrogens is 262 g/mol. The standard InChI is InChI=1S/C17H27N3O/c1-13(2)20-9-7-16(8-10-20)19(3)17(21)12-14-5-4-6-15(18)11-14/h4-6,11,13,16H,7-10,12,18H2,1-3H3. The minimum Gasteiger partial charge on any atom is -0.399 e. The number of benzene rings is 1. The van der Waals surface area contributed by atoms with Gasteiger partial charge in [0.1, 0.15) is 0 Å². The van der Waals surface area contributed by atoms with Gasteiger partial charge < -0.3 is 15.5 Å². The summed E-state index contributed by atoms with van der Waals surface area (Å²) in [4.78, 5) is 16.8. The molecule has 1 aromatic rings. The van der Waals surface area contributed by atoms with Crippen LogP contribution in [0.2, 0.25) is 0 Å². The quantitative estimate of drug-likeness (QED) is 0.864. The largest absolute Gasteiger partial charge is 0.399 e. The summed E-state index contributed by atoms with van der Waals surface area (Å²) < 4.78 is 0. The fourth-order valence-corrected chi connectivity index (χ4v) is 3.00. The number of piperidine rings is 1. The van der Waals surface area contributed by atoms with E-state index >= 15 is 0 Å². The van der Waals surface area contributed by atoms with E-state index in [1.807, 2.05) is 36.2 Å². The van der Waals surface area contributed by atoms with E-state index in [1.54, 1.807) is 0 Å². The van der Waals surface area contributed by atoms with Crippen molar-refractivity contribution in [2.75, 3.05) is 25.9 Å². The van der Waals surface area contributed by atoms with Gasteiger partial charge in [0, 0.05) is 37.9 Å². The highest BCUT2D eigenvalue weighted by Gasteiger charge is 2.26. The molecule has 0 atom stereocenters. The monoisotopic (exact) mass is 289 g/mol. The fraction of sp³-hybridized carbons (Fsp3) is 0.588. The van der Waals surface area contributed by atoms with Crippen LogP contribution in [-0.4, -0.2) is 47.9 Å². The van der Waals surface area contributed by atoms with Gasteiger partial charge in [-0.1, -0.05) is 12.1 Å². The highest BCUT2D eigenvalue weighted by atomic mass is 16.2. The molecule has 21 heavy (non-hydrogen) atoms. The van der Waals surface area contributed by atoms with Gasteiger partial charge in [-0.05, 0) is 44.4 Å². The zero-order valence-corrected chi connectivity index (χ0v) is 13.4. The van der Waals surface area contributed by atoms with E-state index in [2.05, 4.69) is 18.7 Å². The summed E-state index contributed by atoms with van der Waals surface area (Å²) in [5.74, 6) is 0.184. The fourth-order valence-electron chi connectivity index (χ4n) is 3.00. The molecule has 1 heterocycles. The topological polar surface area (TPSA) is 49.6 Å². The summed E-state index contributed by atoms with van der Waals surface area (Å²) in [6.45, 7) is 6.63. The summed E-state index contributed by atoms with van der Waals surface area (Å²) in [6, 6.07) is 8.56. The molecule has 2 rings (SSSR count). The Balaban J connectivity index is 1.88. The number of carbonyl (C=O) groups excluding carboxylic acids is 1. The Hall–Kier alpha value is -1.55. The van der Waals surface area contributed by atoms with Crippen LogP contribution in [0.4, 0.5) is 5.69 Å². The molecule has 0 spiro atoms. The minimum absolute atomic E-state index is 0.184. The number of hydrogen-bond acceptors (Lipinski definition) is 3. The van der Waals surface area contributed by atoms with Gasteiger partial charge in [0.05, 0.1) is 6.42 Å². The first-order valence-corrected chi connectivity index (χ1v) is 7.81. The molecule has 0 aliphatic carbocycles. The third-order valence-corrected chi connectivity index (χ3v) is 4.48. The Morgan fingerprint density at radius 3 is 2.62 bits per heavy atom. The van der Waals surface area contributed by atoms with Crippen molar-refractivity contribution in [3.05, 3.63) is 29.8 Å². The molecule has 0 saturated carbocycles. The zero-order valence-electron chi connectivity index (χ0n) is 13.4. The average molecular weight is 289 g/mol. The van der Waals surface area contributed by atoms with Crippen molar-refractivity contribution >= 4 is 11.6 Å². The van der Waals surface area contributed by atoms with Crippen LogP contribution in [0.5, 0.6) is 0 Å². The van der Waals surface area contributed by atoms with E-state index in [-0.39, 0.29) is 5.91 Å². The lowest BCUT2D eigenvalue weighted by atomic mass is 10.0. The van der Waals surface area contributed by atoms with E-state index < -0.39 is 0 Å². The van der Waals surface area contributed by atoms with Crippen molar-refractivity contribution in [3.8, 4) is 0 Å². The van der Waals surface area contributed by atoms with Gasteiger partial charge >= 0.3 is 0 Å². The Kier molecular flexibility index (Phi) is 5.23. The molecule has 1 amide bonds. The molecule has 1 aliphatic heterocycles. The van der Waals surface area contributed by atoms with Crippen molar-refractivity contribution in [2.24, 2.45) is 0 Å². The van der Waals surface area contributed by atoms with Gasteiger partial charge in [0.15, 0.2) is 0 Å². The van der Waals surface area contributed by atoms with Crippen LogP contribution < -0.4 is 5.73 Å². The van der Waals surface area contributed by atoms with Gasteiger partial charge in [0.2, 0.25) is 5.91 Å². The second kappa shape index (κ2) is 6.94. The Morgan fingerprint density at radius 2 is 2.05 bits per heavy atom. The summed E-state index contributed by atoms with van der Waals surface area (Å²) >= 11 is 0. The molecule has 4 heteroatoms. The number of hydrogen-bond donors (Lipinski definition) is 1. The maximum absolute atomic E-state index is 12.4. The van der Waals surface area contributed by atoms with Crippen LogP contribution in [0, 0.1) is 0 Å². The Labute approximate surface area is 127 Å². The van der Waals surface area contributed by atoms with Gasteiger partial charge in [-0.25, -0.2) is 0 Å². The van der Waals surface area contributed by atoms with E-state index in [1.165, 1.54) is 0 Å². The molecule has 0 unspecified atom stereocenters. The first kappa shape index (κ1) is 15.8. The van der Waals surface area contributed by atoms with E-state index in [4.69, 9.17) is 5.73 Å².